The second kappa shape index (κ2) is 7.29. The molecule has 0 saturated heterocycles. The lowest BCUT2D eigenvalue weighted by atomic mass is 10.0. The molecular weight excluding hydrogens is 198 g/mol. The van der Waals surface area contributed by atoms with Gasteiger partial charge in [-0.2, -0.15) is 0 Å². The highest BCUT2D eigenvalue weighted by Crippen LogP contribution is 2.14. The number of aryl methyl sites for hydroxylation is 1. The molecule has 90 valence electrons. The Morgan fingerprint density at radius 3 is 2.44 bits per heavy atom. The van der Waals surface area contributed by atoms with Crippen molar-refractivity contribution in [2.24, 2.45) is 5.73 Å². The minimum atomic E-state index is 0.364. The number of nitrogens with two attached hydrogens (primary N) is 1. The fourth-order valence-corrected chi connectivity index (χ4v) is 1.69. The summed E-state index contributed by atoms with van der Waals surface area (Å²) in [5.41, 5.74) is 7.25. The lowest BCUT2D eigenvalue weighted by Gasteiger charge is -2.08. The molecule has 2 nitrogen and oxygen atoms in total. The van der Waals surface area contributed by atoms with E-state index in [1.165, 1.54) is 12.0 Å². The Kier molecular flexibility index (Phi) is 5.94. The number of benzene rings is 1. The second-order valence-electron chi connectivity index (χ2n) is 4.14. The third kappa shape index (κ3) is 4.67. The van der Waals surface area contributed by atoms with Gasteiger partial charge in [0.15, 0.2) is 0 Å². The molecular formula is C14H23NO. The first-order valence-corrected chi connectivity index (χ1v) is 6.23. The molecule has 16 heavy (non-hydrogen) atoms. The van der Waals surface area contributed by atoms with Crippen LogP contribution in [-0.4, -0.2) is 12.6 Å². The zero-order valence-corrected chi connectivity index (χ0v) is 10.4. The number of rotatable bonds is 7. The average Bonchev–Trinajstić information content (AvgIpc) is 2.31. The minimum Gasteiger partial charge on any atom is -0.494 e. The van der Waals surface area contributed by atoms with Crippen molar-refractivity contribution in [3.63, 3.8) is 0 Å². The Morgan fingerprint density at radius 1 is 1.19 bits per heavy atom. The zero-order valence-electron chi connectivity index (χ0n) is 10.4. The van der Waals surface area contributed by atoms with Crippen LogP contribution in [0.15, 0.2) is 24.3 Å². The van der Waals surface area contributed by atoms with Gasteiger partial charge in [0.2, 0.25) is 0 Å². The predicted octanol–water partition coefficient (Wildman–Crippen LogP) is 3.15. The van der Waals surface area contributed by atoms with Gasteiger partial charge in [0.05, 0.1) is 6.61 Å². The van der Waals surface area contributed by atoms with E-state index in [4.69, 9.17) is 10.5 Å². The molecule has 0 aliphatic carbocycles. The summed E-state index contributed by atoms with van der Waals surface area (Å²) in [6, 6.07) is 8.73. The lowest BCUT2D eigenvalue weighted by Crippen LogP contribution is -2.18. The Labute approximate surface area is 98.8 Å². The maximum Gasteiger partial charge on any atom is 0.119 e. The van der Waals surface area contributed by atoms with Crippen molar-refractivity contribution < 1.29 is 4.74 Å². The highest BCUT2D eigenvalue weighted by atomic mass is 16.5. The molecule has 0 aliphatic rings. The zero-order chi connectivity index (χ0) is 11.8. The first kappa shape index (κ1) is 13.0. The molecule has 0 radical (unpaired) electrons. The van der Waals surface area contributed by atoms with E-state index in [1.807, 2.05) is 19.1 Å². The molecule has 1 aromatic rings. The van der Waals surface area contributed by atoms with Crippen molar-refractivity contribution in [3.05, 3.63) is 29.8 Å². The lowest BCUT2D eigenvalue weighted by molar-refractivity contribution is 0.340. The first-order chi connectivity index (χ1) is 7.76. The van der Waals surface area contributed by atoms with Crippen LogP contribution >= 0.6 is 0 Å². The third-order valence-corrected chi connectivity index (χ3v) is 2.80. The topological polar surface area (TPSA) is 35.2 Å². The van der Waals surface area contributed by atoms with Crippen molar-refractivity contribution in [3.8, 4) is 5.75 Å². The minimum absolute atomic E-state index is 0.364. The molecule has 0 bridgehead atoms. The van der Waals surface area contributed by atoms with Crippen molar-refractivity contribution in [1.82, 2.24) is 0 Å². The smallest absolute Gasteiger partial charge is 0.119 e. The fourth-order valence-electron chi connectivity index (χ4n) is 1.69. The maximum atomic E-state index is 5.88. The standard InChI is InChI=1S/C14H23NO/c1-3-13(15)7-5-6-12-8-10-14(11-9-12)16-4-2/h8-11,13H,3-7,15H2,1-2H3. The Balaban J connectivity index is 2.31. The highest BCUT2D eigenvalue weighted by molar-refractivity contribution is 5.27. The summed E-state index contributed by atoms with van der Waals surface area (Å²) in [4.78, 5) is 0. The Morgan fingerprint density at radius 2 is 1.88 bits per heavy atom. The van der Waals surface area contributed by atoms with E-state index in [2.05, 4.69) is 19.1 Å². The van der Waals surface area contributed by atoms with Crippen molar-refractivity contribution in [2.45, 2.75) is 45.6 Å². The van der Waals surface area contributed by atoms with E-state index in [-0.39, 0.29) is 0 Å². The highest BCUT2D eigenvalue weighted by Gasteiger charge is 2.00. The monoisotopic (exact) mass is 221 g/mol. The fraction of sp³-hybridized carbons (Fsp3) is 0.571. The van der Waals surface area contributed by atoms with Crippen molar-refractivity contribution >= 4 is 0 Å². The van der Waals surface area contributed by atoms with Gasteiger partial charge in [0.1, 0.15) is 5.75 Å². The number of hydrogen-bond acceptors (Lipinski definition) is 2. The second-order valence-corrected chi connectivity index (χ2v) is 4.14. The van der Waals surface area contributed by atoms with Crippen LogP contribution in [0.25, 0.3) is 0 Å². The average molecular weight is 221 g/mol. The van der Waals surface area contributed by atoms with Crippen LogP contribution in [0, 0.1) is 0 Å². The van der Waals surface area contributed by atoms with Crippen LogP contribution in [0.4, 0.5) is 0 Å². The molecule has 1 atom stereocenters. The van der Waals surface area contributed by atoms with E-state index < -0.39 is 0 Å². The summed E-state index contributed by atoms with van der Waals surface area (Å²) in [6.45, 7) is 4.87. The molecule has 1 aromatic carbocycles. The van der Waals surface area contributed by atoms with Crippen LogP contribution in [0.1, 0.15) is 38.7 Å². The van der Waals surface area contributed by atoms with Gasteiger partial charge in [-0.15, -0.1) is 0 Å². The maximum absolute atomic E-state index is 5.88. The SMILES string of the molecule is CCOc1ccc(CCCC(N)CC)cc1. The van der Waals surface area contributed by atoms with E-state index in [1.54, 1.807) is 0 Å². The van der Waals surface area contributed by atoms with Crippen LogP contribution in [0.5, 0.6) is 5.75 Å². The van der Waals surface area contributed by atoms with Crippen molar-refractivity contribution in [2.75, 3.05) is 6.61 Å². The molecule has 1 rings (SSSR count). The molecule has 0 aromatic heterocycles. The van der Waals surface area contributed by atoms with Gasteiger partial charge < -0.3 is 10.5 Å². The van der Waals surface area contributed by atoms with E-state index in [0.717, 1.165) is 31.6 Å². The van der Waals surface area contributed by atoms with Crippen LogP contribution in [-0.2, 0) is 6.42 Å². The van der Waals surface area contributed by atoms with E-state index in [9.17, 15) is 0 Å². The molecule has 0 fully saturated rings. The van der Waals surface area contributed by atoms with Gasteiger partial charge in [0.25, 0.3) is 0 Å². The normalized spacial score (nSPS) is 12.4. The summed E-state index contributed by atoms with van der Waals surface area (Å²) in [5, 5.41) is 0. The molecule has 1 unspecified atom stereocenters. The van der Waals surface area contributed by atoms with Crippen LogP contribution in [0.2, 0.25) is 0 Å². The van der Waals surface area contributed by atoms with Gasteiger partial charge in [-0.05, 0) is 50.3 Å². The van der Waals surface area contributed by atoms with Crippen LogP contribution < -0.4 is 10.5 Å². The summed E-state index contributed by atoms with van der Waals surface area (Å²) < 4.78 is 5.40. The predicted molar refractivity (Wildman–Crippen MR) is 68.8 cm³/mol. The molecule has 0 heterocycles. The summed E-state index contributed by atoms with van der Waals surface area (Å²) in [5.74, 6) is 0.955. The molecule has 2 heteroatoms. The molecule has 0 amide bonds. The molecule has 0 aliphatic heterocycles. The molecule has 0 saturated carbocycles. The van der Waals surface area contributed by atoms with Crippen LogP contribution in [0.3, 0.4) is 0 Å². The number of ether oxygens (including phenoxy) is 1. The Bertz CT molecular complexity index is 281. The van der Waals surface area contributed by atoms with Gasteiger partial charge in [0, 0.05) is 6.04 Å². The third-order valence-electron chi connectivity index (χ3n) is 2.80. The van der Waals surface area contributed by atoms with Crippen molar-refractivity contribution in [1.29, 1.82) is 0 Å². The van der Waals surface area contributed by atoms with Gasteiger partial charge in [-0.3, -0.25) is 0 Å². The molecule has 0 spiro atoms. The quantitative estimate of drug-likeness (QED) is 0.767. The van der Waals surface area contributed by atoms with Gasteiger partial charge in [-0.1, -0.05) is 19.1 Å². The van der Waals surface area contributed by atoms with E-state index >= 15 is 0 Å². The number of hydrogen-bond donors (Lipinski definition) is 1. The summed E-state index contributed by atoms with van der Waals surface area (Å²) in [7, 11) is 0. The molecule has 2 N–H and O–H groups in total. The van der Waals surface area contributed by atoms with E-state index in [0.29, 0.717) is 6.04 Å². The Hall–Kier alpha value is -1.02. The van der Waals surface area contributed by atoms with Gasteiger partial charge >= 0.3 is 0 Å². The largest absolute Gasteiger partial charge is 0.494 e. The first-order valence-electron chi connectivity index (χ1n) is 6.23. The van der Waals surface area contributed by atoms with Gasteiger partial charge in [-0.25, -0.2) is 0 Å². The summed E-state index contributed by atoms with van der Waals surface area (Å²) in [6.07, 6.45) is 4.47. The summed E-state index contributed by atoms with van der Waals surface area (Å²) >= 11 is 0.